The number of nitrogens with zero attached hydrogens (tertiary/aromatic N) is 3. The van der Waals surface area contributed by atoms with Crippen LogP contribution >= 0.6 is 0 Å². The Hall–Kier alpha value is -2.21. The third-order valence-corrected chi connectivity index (χ3v) is 2.40. The Bertz CT molecular complexity index is 546. The molecule has 2 rings (SSSR count). The van der Waals surface area contributed by atoms with Crippen LogP contribution in [0, 0.1) is 0 Å². The van der Waals surface area contributed by atoms with Crippen LogP contribution in [0.2, 0.25) is 0 Å². The topological polar surface area (TPSA) is 99.8 Å². The quantitative estimate of drug-likeness (QED) is 0.797. The molecule has 1 amide bonds. The Morgan fingerprint density at radius 1 is 1.53 bits per heavy atom. The van der Waals surface area contributed by atoms with Gasteiger partial charge in [0.05, 0.1) is 11.8 Å². The van der Waals surface area contributed by atoms with E-state index in [4.69, 9.17) is 11.5 Å². The van der Waals surface area contributed by atoms with Crippen LogP contribution in [0.3, 0.4) is 0 Å². The fourth-order valence-corrected chi connectivity index (χ4v) is 1.42. The predicted molar refractivity (Wildman–Crippen MR) is 62.5 cm³/mol. The molecule has 4 N–H and O–H groups in total. The molecule has 0 aliphatic rings. The number of aromatic nitrogens is 3. The normalized spacial score (nSPS) is 12.4. The molecule has 0 aliphatic carbocycles. The number of carbonyl (C=O) groups excluding carboxylic acids is 1. The summed E-state index contributed by atoms with van der Waals surface area (Å²) in [5.41, 5.74) is 12.2. The van der Waals surface area contributed by atoms with E-state index in [1.54, 1.807) is 6.20 Å². The highest BCUT2D eigenvalue weighted by atomic mass is 16.1. The highest BCUT2D eigenvalue weighted by molar-refractivity contribution is 5.92. The summed E-state index contributed by atoms with van der Waals surface area (Å²) in [6.45, 7) is 1.89. The van der Waals surface area contributed by atoms with Crippen molar-refractivity contribution in [3.8, 4) is 5.82 Å². The van der Waals surface area contributed by atoms with Gasteiger partial charge < -0.3 is 11.5 Å². The summed E-state index contributed by atoms with van der Waals surface area (Å²) >= 11 is 0. The van der Waals surface area contributed by atoms with Gasteiger partial charge in [-0.1, -0.05) is 0 Å². The number of hydrogen-bond acceptors (Lipinski definition) is 4. The van der Waals surface area contributed by atoms with Crippen molar-refractivity contribution < 1.29 is 4.79 Å². The lowest BCUT2D eigenvalue weighted by Crippen LogP contribution is -2.10. The van der Waals surface area contributed by atoms with Crippen LogP contribution < -0.4 is 11.5 Å². The van der Waals surface area contributed by atoms with Crippen LogP contribution in [-0.4, -0.2) is 20.7 Å². The Balaban J connectivity index is 2.38. The van der Waals surface area contributed by atoms with E-state index in [1.165, 1.54) is 17.1 Å². The molecular weight excluding hydrogens is 218 g/mol. The Morgan fingerprint density at radius 2 is 2.29 bits per heavy atom. The Labute approximate surface area is 98.3 Å². The van der Waals surface area contributed by atoms with Gasteiger partial charge in [-0.05, 0) is 24.6 Å². The van der Waals surface area contributed by atoms with Crippen molar-refractivity contribution in [3.05, 3.63) is 41.9 Å². The van der Waals surface area contributed by atoms with E-state index >= 15 is 0 Å². The van der Waals surface area contributed by atoms with Crippen molar-refractivity contribution in [2.24, 2.45) is 11.5 Å². The lowest BCUT2D eigenvalue weighted by molar-refractivity contribution is 0.100. The fourth-order valence-electron chi connectivity index (χ4n) is 1.42. The molecule has 2 heterocycles. The van der Waals surface area contributed by atoms with Gasteiger partial charge in [-0.3, -0.25) is 4.79 Å². The molecule has 0 saturated carbocycles. The van der Waals surface area contributed by atoms with Gasteiger partial charge in [0.15, 0.2) is 5.82 Å². The molecule has 1 atom stereocenters. The van der Waals surface area contributed by atoms with Crippen molar-refractivity contribution >= 4 is 5.91 Å². The van der Waals surface area contributed by atoms with E-state index in [1.807, 2.05) is 19.1 Å². The monoisotopic (exact) mass is 231 g/mol. The lowest BCUT2D eigenvalue weighted by atomic mass is 10.1. The number of hydrogen-bond donors (Lipinski definition) is 2. The summed E-state index contributed by atoms with van der Waals surface area (Å²) in [6, 6.07) is 3.58. The molecule has 2 aromatic heterocycles. The first-order chi connectivity index (χ1) is 8.08. The maximum Gasteiger partial charge on any atom is 0.251 e. The van der Waals surface area contributed by atoms with Crippen LogP contribution in [0.5, 0.6) is 0 Å². The predicted octanol–water partition coefficient (Wildman–Crippen LogP) is 0.386. The minimum absolute atomic E-state index is 0.0806. The molecule has 6 heteroatoms. The molecule has 0 aliphatic heterocycles. The third-order valence-electron chi connectivity index (χ3n) is 2.40. The van der Waals surface area contributed by atoms with Gasteiger partial charge in [0, 0.05) is 18.4 Å². The van der Waals surface area contributed by atoms with E-state index in [2.05, 4.69) is 10.1 Å². The molecule has 6 nitrogen and oxygen atoms in total. The van der Waals surface area contributed by atoms with Crippen LogP contribution in [0.15, 0.2) is 30.7 Å². The summed E-state index contributed by atoms with van der Waals surface area (Å²) in [5.74, 6) is 0.0897. The molecule has 0 saturated heterocycles. The van der Waals surface area contributed by atoms with Gasteiger partial charge in [0.1, 0.15) is 0 Å². The summed E-state index contributed by atoms with van der Waals surface area (Å²) in [4.78, 5) is 15.1. The number of pyridine rings is 1. The standard InChI is InChI=1S/C11H13N5O/c1-7(12)8-2-3-14-10(4-8)16-6-9(5-15-16)11(13)17/h2-7H,12H2,1H3,(H2,13,17)/t7-/m1/s1. The smallest absolute Gasteiger partial charge is 0.251 e. The number of primary amides is 1. The second kappa shape index (κ2) is 4.34. The zero-order valence-corrected chi connectivity index (χ0v) is 9.37. The van der Waals surface area contributed by atoms with Crippen molar-refractivity contribution in [2.75, 3.05) is 0 Å². The lowest BCUT2D eigenvalue weighted by Gasteiger charge is -2.06. The van der Waals surface area contributed by atoms with E-state index in [0.29, 0.717) is 11.4 Å². The summed E-state index contributed by atoms with van der Waals surface area (Å²) in [5, 5.41) is 4.02. The van der Waals surface area contributed by atoms with Crippen LogP contribution in [0.4, 0.5) is 0 Å². The van der Waals surface area contributed by atoms with Gasteiger partial charge in [-0.2, -0.15) is 5.10 Å². The molecule has 88 valence electrons. The minimum atomic E-state index is -0.514. The first-order valence-corrected chi connectivity index (χ1v) is 5.14. The van der Waals surface area contributed by atoms with Crippen molar-refractivity contribution in [1.29, 1.82) is 0 Å². The van der Waals surface area contributed by atoms with Crippen LogP contribution in [-0.2, 0) is 0 Å². The molecule has 2 aromatic rings. The molecule has 0 unspecified atom stereocenters. The van der Waals surface area contributed by atoms with Crippen molar-refractivity contribution in [2.45, 2.75) is 13.0 Å². The Kier molecular flexibility index (Phi) is 2.88. The minimum Gasteiger partial charge on any atom is -0.366 e. The summed E-state index contributed by atoms with van der Waals surface area (Å²) < 4.78 is 1.49. The van der Waals surface area contributed by atoms with Gasteiger partial charge in [0.25, 0.3) is 5.91 Å². The van der Waals surface area contributed by atoms with Crippen molar-refractivity contribution in [3.63, 3.8) is 0 Å². The Morgan fingerprint density at radius 3 is 2.88 bits per heavy atom. The summed E-state index contributed by atoms with van der Waals surface area (Å²) in [6.07, 6.45) is 4.60. The van der Waals surface area contributed by atoms with E-state index in [0.717, 1.165) is 5.56 Å². The second-order valence-corrected chi connectivity index (χ2v) is 3.77. The second-order valence-electron chi connectivity index (χ2n) is 3.77. The first kappa shape index (κ1) is 11.3. The zero-order valence-electron chi connectivity index (χ0n) is 9.37. The number of nitrogens with two attached hydrogens (primary N) is 2. The fraction of sp³-hybridized carbons (Fsp3) is 0.182. The highest BCUT2D eigenvalue weighted by Crippen LogP contribution is 2.12. The third kappa shape index (κ3) is 2.31. The van der Waals surface area contributed by atoms with Crippen molar-refractivity contribution in [1.82, 2.24) is 14.8 Å². The summed E-state index contributed by atoms with van der Waals surface area (Å²) in [7, 11) is 0. The van der Waals surface area contributed by atoms with Gasteiger partial charge in [-0.15, -0.1) is 0 Å². The molecule has 17 heavy (non-hydrogen) atoms. The molecule has 0 bridgehead atoms. The molecule has 0 spiro atoms. The van der Waals surface area contributed by atoms with Gasteiger partial charge in [-0.25, -0.2) is 9.67 Å². The van der Waals surface area contributed by atoms with Crippen LogP contribution in [0.1, 0.15) is 28.9 Å². The molecule has 0 radical (unpaired) electrons. The zero-order chi connectivity index (χ0) is 12.4. The average Bonchev–Trinajstić information content (AvgIpc) is 2.78. The first-order valence-electron chi connectivity index (χ1n) is 5.14. The van der Waals surface area contributed by atoms with E-state index in [9.17, 15) is 4.79 Å². The molecule has 0 aromatic carbocycles. The maximum atomic E-state index is 10.9. The highest BCUT2D eigenvalue weighted by Gasteiger charge is 2.07. The number of carbonyl (C=O) groups is 1. The number of rotatable bonds is 3. The SMILES string of the molecule is C[C@@H](N)c1ccnc(-n2cc(C(N)=O)cn2)c1. The van der Waals surface area contributed by atoms with E-state index < -0.39 is 5.91 Å². The maximum absolute atomic E-state index is 10.9. The number of amides is 1. The average molecular weight is 231 g/mol. The van der Waals surface area contributed by atoms with Gasteiger partial charge in [0.2, 0.25) is 0 Å². The molecule has 0 fully saturated rings. The van der Waals surface area contributed by atoms with E-state index in [-0.39, 0.29) is 6.04 Å². The molecular formula is C11H13N5O. The largest absolute Gasteiger partial charge is 0.366 e. The van der Waals surface area contributed by atoms with Gasteiger partial charge >= 0.3 is 0 Å². The van der Waals surface area contributed by atoms with Crippen LogP contribution in [0.25, 0.3) is 5.82 Å².